The topological polar surface area (TPSA) is 66.8 Å². The third-order valence-corrected chi connectivity index (χ3v) is 8.09. The summed E-state index contributed by atoms with van der Waals surface area (Å²) in [7, 11) is -2.05. The van der Waals surface area contributed by atoms with Crippen LogP contribution in [0.5, 0.6) is 0 Å². The molecule has 0 saturated carbocycles. The van der Waals surface area contributed by atoms with E-state index in [1.807, 2.05) is 30.3 Å². The first kappa shape index (κ1) is 20.4. The SMILES string of the molecule is COC1CCN(c2ccccc2S(=O)(=O)n2ccc3c(N4CCNCC4)cccc32)C1. The number of para-hydroxylation sites is 1. The molecule has 2 aliphatic heterocycles. The van der Waals surface area contributed by atoms with Crippen LogP contribution in [-0.4, -0.2) is 64.9 Å². The van der Waals surface area contributed by atoms with Gasteiger partial charge in [0, 0.05) is 63.6 Å². The predicted molar refractivity (Wildman–Crippen MR) is 124 cm³/mol. The normalized spacial score (nSPS) is 20.0. The first-order chi connectivity index (χ1) is 15.1. The molecule has 8 heteroatoms. The maximum absolute atomic E-state index is 13.8. The zero-order valence-corrected chi connectivity index (χ0v) is 18.5. The molecule has 2 fully saturated rings. The average molecular weight is 441 g/mol. The number of hydrogen-bond donors (Lipinski definition) is 1. The molecule has 0 aliphatic carbocycles. The second-order valence-electron chi connectivity index (χ2n) is 8.12. The van der Waals surface area contributed by atoms with E-state index in [1.165, 1.54) is 3.97 Å². The van der Waals surface area contributed by atoms with Crippen LogP contribution < -0.4 is 15.1 Å². The summed E-state index contributed by atoms with van der Waals surface area (Å²) in [5.41, 5.74) is 2.54. The number of fused-ring (bicyclic) bond motifs is 1. The Morgan fingerprint density at radius 2 is 1.71 bits per heavy atom. The minimum absolute atomic E-state index is 0.129. The van der Waals surface area contributed by atoms with E-state index in [4.69, 9.17) is 4.74 Å². The van der Waals surface area contributed by atoms with Crippen LogP contribution in [0, 0.1) is 0 Å². The van der Waals surface area contributed by atoms with Gasteiger partial charge in [0.1, 0.15) is 4.90 Å². The highest BCUT2D eigenvalue weighted by Crippen LogP contribution is 2.34. The standard InChI is InChI=1S/C23H28N4O3S/c1-30-18-9-13-26(17-18)22-5-2-3-8-23(22)31(28,29)27-14-10-19-20(6-4-7-21(19)27)25-15-11-24-12-16-25/h2-8,10,14,18,24H,9,11-13,15-17H2,1H3. The van der Waals surface area contributed by atoms with E-state index in [1.54, 1.807) is 25.4 Å². The van der Waals surface area contributed by atoms with Crippen molar-refractivity contribution in [3.8, 4) is 0 Å². The summed E-state index contributed by atoms with van der Waals surface area (Å²) < 4.78 is 34.5. The fraction of sp³-hybridized carbons (Fsp3) is 0.391. The van der Waals surface area contributed by atoms with Gasteiger partial charge in [-0.05, 0) is 36.8 Å². The van der Waals surface area contributed by atoms with Crippen LogP contribution in [0.3, 0.4) is 0 Å². The lowest BCUT2D eigenvalue weighted by Gasteiger charge is -2.30. The Hall–Kier alpha value is -2.55. The highest BCUT2D eigenvalue weighted by atomic mass is 32.2. The minimum Gasteiger partial charge on any atom is -0.380 e. The molecular formula is C23H28N4O3S. The van der Waals surface area contributed by atoms with Gasteiger partial charge in [-0.15, -0.1) is 0 Å². The van der Waals surface area contributed by atoms with Crippen LogP contribution in [0.4, 0.5) is 11.4 Å². The van der Waals surface area contributed by atoms with E-state index in [-0.39, 0.29) is 6.10 Å². The number of nitrogens with one attached hydrogen (secondary N) is 1. The summed E-state index contributed by atoms with van der Waals surface area (Å²) in [6.07, 6.45) is 2.71. The molecule has 3 aromatic rings. The fourth-order valence-electron chi connectivity index (χ4n) is 4.70. The summed E-state index contributed by atoms with van der Waals surface area (Å²) in [5, 5.41) is 4.33. The van der Waals surface area contributed by atoms with Crippen molar-refractivity contribution in [2.45, 2.75) is 17.4 Å². The lowest BCUT2D eigenvalue weighted by molar-refractivity contribution is 0.121. The summed E-state index contributed by atoms with van der Waals surface area (Å²) in [6.45, 7) is 5.17. The number of ether oxygens (including phenoxy) is 1. The highest BCUT2D eigenvalue weighted by molar-refractivity contribution is 7.90. The number of piperazine rings is 1. The molecule has 0 spiro atoms. The van der Waals surface area contributed by atoms with E-state index in [2.05, 4.69) is 21.2 Å². The molecule has 1 aromatic heterocycles. The second kappa shape index (κ2) is 8.18. The van der Waals surface area contributed by atoms with Crippen molar-refractivity contribution in [1.29, 1.82) is 0 Å². The third-order valence-electron chi connectivity index (χ3n) is 6.35. The zero-order chi connectivity index (χ0) is 21.4. The van der Waals surface area contributed by atoms with Gasteiger partial charge in [-0.25, -0.2) is 12.4 Å². The van der Waals surface area contributed by atoms with Crippen molar-refractivity contribution in [1.82, 2.24) is 9.29 Å². The Bertz CT molecular complexity index is 1180. The highest BCUT2D eigenvalue weighted by Gasteiger charge is 2.29. The number of nitrogens with zero attached hydrogens (tertiary/aromatic N) is 3. The van der Waals surface area contributed by atoms with Crippen LogP contribution in [0.1, 0.15) is 6.42 Å². The number of methoxy groups -OCH3 is 1. The molecular weight excluding hydrogens is 412 g/mol. The molecule has 7 nitrogen and oxygen atoms in total. The minimum atomic E-state index is -3.76. The van der Waals surface area contributed by atoms with Crippen LogP contribution >= 0.6 is 0 Å². The van der Waals surface area contributed by atoms with Gasteiger partial charge < -0.3 is 19.9 Å². The molecule has 1 unspecified atom stereocenters. The van der Waals surface area contributed by atoms with Gasteiger partial charge in [-0.3, -0.25) is 0 Å². The molecule has 2 saturated heterocycles. The Morgan fingerprint density at radius 1 is 0.935 bits per heavy atom. The van der Waals surface area contributed by atoms with E-state index < -0.39 is 10.0 Å². The Morgan fingerprint density at radius 3 is 2.48 bits per heavy atom. The van der Waals surface area contributed by atoms with E-state index in [0.29, 0.717) is 17.0 Å². The summed E-state index contributed by atoms with van der Waals surface area (Å²) in [4.78, 5) is 4.76. The van der Waals surface area contributed by atoms with Crippen molar-refractivity contribution in [2.24, 2.45) is 0 Å². The van der Waals surface area contributed by atoms with Crippen LogP contribution in [0.2, 0.25) is 0 Å². The Labute approximate surface area is 183 Å². The van der Waals surface area contributed by atoms with Gasteiger partial charge >= 0.3 is 0 Å². The molecule has 164 valence electrons. The van der Waals surface area contributed by atoms with Crippen LogP contribution in [0.25, 0.3) is 10.9 Å². The van der Waals surface area contributed by atoms with Crippen molar-refractivity contribution in [3.63, 3.8) is 0 Å². The first-order valence-corrected chi connectivity index (χ1v) is 12.2. The summed E-state index contributed by atoms with van der Waals surface area (Å²) >= 11 is 0. The maximum atomic E-state index is 13.8. The lowest BCUT2D eigenvalue weighted by atomic mass is 10.2. The second-order valence-corrected chi connectivity index (χ2v) is 9.91. The van der Waals surface area contributed by atoms with E-state index in [0.717, 1.165) is 55.9 Å². The van der Waals surface area contributed by atoms with Gasteiger partial charge in [0.25, 0.3) is 10.0 Å². The quantitative estimate of drug-likeness (QED) is 0.658. The van der Waals surface area contributed by atoms with Crippen LogP contribution in [-0.2, 0) is 14.8 Å². The molecule has 1 N–H and O–H groups in total. The Kier molecular flexibility index (Phi) is 5.37. The molecule has 31 heavy (non-hydrogen) atoms. The molecule has 3 heterocycles. The molecule has 2 aliphatic rings. The number of aromatic nitrogens is 1. The average Bonchev–Trinajstić information content (AvgIpc) is 3.47. The molecule has 5 rings (SSSR count). The maximum Gasteiger partial charge on any atom is 0.270 e. The van der Waals surface area contributed by atoms with Crippen molar-refractivity contribution in [3.05, 3.63) is 54.7 Å². The predicted octanol–water partition coefficient (Wildman–Crippen LogP) is 2.51. The van der Waals surface area contributed by atoms with Gasteiger partial charge in [-0.2, -0.15) is 0 Å². The zero-order valence-electron chi connectivity index (χ0n) is 17.7. The first-order valence-electron chi connectivity index (χ1n) is 10.8. The van der Waals surface area contributed by atoms with Gasteiger partial charge in [0.2, 0.25) is 0 Å². The summed E-state index contributed by atoms with van der Waals surface area (Å²) in [6, 6.07) is 15.1. The van der Waals surface area contributed by atoms with Crippen molar-refractivity contribution in [2.75, 3.05) is 56.2 Å². The van der Waals surface area contributed by atoms with E-state index in [9.17, 15) is 8.42 Å². The van der Waals surface area contributed by atoms with Gasteiger partial charge in [0.15, 0.2) is 0 Å². The van der Waals surface area contributed by atoms with Crippen molar-refractivity contribution >= 4 is 32.3 Å². The molecule has 0 radical (unpaired) electrons. The van der Waals surface area contributed by atoms with Crippen molar-refractivity contribution < 1.29 is 13.2 Å². The monoisotopic (exact) mass is 440 g/mol. The lowest BCUT2D eigenvalue weighted by Crippen LogP contribution is -2.43. The number of rotatable bonds is 5. The summed E-state index contributed by atoms with van der Waals surface area (Å²) in [5.74, 6) is 0. The largest absolute Gasteiger partial charge is 0.380 e. The number of hydrogen-bond acceptors (Lipinski definition) is 6. The van der Waals surface area contributed by atoms with Gasteiger partial charge in [0.05, 0.1) is 17.3 Å². The molecule has 2 aromatic carbocycles. The molecule has 0 bridgehead atoms. The van der Waals surface area contributed by atoms with E-state index >= 15 is 0 Å². The smallest absolute Gasteiger partial charge is 0.270 e. The number of anilines is 2. The third kappa shape index (κ3) is 3.58. The fourth-order valence-corrected chi connectivity index (χ4v) is 6.26. The number of benzene rings is 2. The molecule has 1 atom stereocenters. The molecule has 0 amide bonds. The Balaban J connectivity index is 1.57. The van der Waals surface area contributed by atoms with Crippen LogP contribution in [0.15, 0.2) is 59.6 Å². The van der Waals surface area contributed by atoms with Gasteiger partial charge in [-0.1, -0.05) is 18.2 Å².